The van der Waals surface area contributed by atoms with Crippen molar-refractivity contribution >= 4 is 17.5 Å². The van der Waals surface area contributed by atoms with Gasteiger partial charge in [0.15, 0.2) is 0 Å². The fourth-order valence-electron chi connectivity index (χ4n) is 2.61. The Morgan fingerprint density at radius 2 is 1.77 bits per heavy atom. The van der Waals surface area contributed by atoms with Gasteiger partial charge in [-0.2, -0.15) is 5.10 Å². The highest BCUT2D eigenvalue weighted by Gasteiger charge is 2.09. The average molecular weight is 407 g/mol. The zero-order valence-corrected chi connectivity index (χ0v) is 16.4. The number of benzene rings is 1. The quantitative estimate of drug-likeness (QED) is 0.546. The number of ether oxygens (including phenoxy) is 1. The number of amides is 2. The van der Waals surface area contributed by atoms with Gasteiger partial charge in [0.05, 0.1) is 12.2 Å². The van der Waals surface area contributed by atoms with E-state index in [1.54, 1.807) is 54.9 Å². The molecule has 0 atom stereocenters. The van der Waals surface area contributed by atoms with Gasteiger partial charge in [0.2, 0.25) is 11.8 Å². The number of rotatable bonds is 8. The third-order valence-electron chi connectivity index (χ3n) is 4.02. The van der Waals surface area contributed by atoms with Crippen molar-refractivity contribution < 1.29 is 14.3 Å². The van der Waals surface area contributed by atoms with Crippen LogP contribution in [0.25, 0.3) is 11.3 Å². The van der Waals surface area contributed by atoms with Gasteiger partial charge >= 0.3 is 0 Å². The van der Waals surface area contributed by atoms with E-state index in [0.29, 0.717) is 30.3 Å². The second-order valence-electron chi connectivity index (χ2n) is 6.35. The summed E-state index contributed by atoms with van der Waals surface area (Å²) in [6, 6.07) is 13.3. The van der Waals surface area contributed by atoms with Crippen LogP contribution in [0.1, 0.15) is 6.92 Å². The van der Waals surface area contributed by atoms with E-state index in [1.165, 1.54) is 13.0 Å². The number of aromatic nitrogens is 3. The third kappa shape index (κ3) is 5.99. The van der Waals surface area contributed by atoms with Crippen LogP contribution in [0, 0.1) is 0 Å². The number of hydrogen-bond donors (Lipinski definition) is 2. The Labute approximate surface area is 172 Å². The van der Waals surface area contributed by atoms with Crippen LogP contribution in [0.2, 0.25) is 0 Å². The van der Waals surface area contributed by atoms with Crippen LogP contribution < -0.4 is 20.9 Å². The molecule has 0 saturated carbocycles. The fourth-order valence-corrected chi connectivity index (χ4v) is 2.61. The molecule has 0 radical (unpaired) electrons. The first-order valence-electron chi connectivity index (χ1n) is 9.27. The summed E-state index contributed by atoms with van der Waals surface area (Å²) in [6.07, 6.45) is 3.26. The van der Waals surface area contributed by atoms with E-state index >= 15 is 0 Å². The summed E-state index contributed by atoms with van der Waals surface area (Å²) in [5.41, 5.74) is 1.57. The smallest absolute Gasteiger partial charge is 0.267 e. The standard InChI is InChI=1S/C21H21N5O4/c1-15(27)23-12-13-30-18-4-2-17(3-5-18)24-20(28)14-26-21(29)7-6-19(25-26)16-8-10-22-11-9-16/h2-11H,12-14H2,1H3,(H,23,27)(H,24,28). The molecule has 154 valence electrons. The van der Waals surface area contributed by atoms with E-state index in [-0.39, 0.29) is 23.9 Å². The monoisotopic (exact) mass is 407 g/mol. The van der Waals surface area contributed by atoms with Crippen molar-refractivity contribution in [1.82, 2.24) is 20.1 Å². The number of carbonyl (C=O) groups excluding carboxylic acids is 2. The normalized spacial score (nSPS) is 10.3. The molecule has 2 amide bonds. The summed E-state index contributed by atoms with van der Waals surface area (Å²) in [6.45, 7) is 1.98. The number of pyridine rings is 1. The Hall–Kier alpha value is -4.01. The largest absolute Gasteiger partial charge is 0.492 e. The molecule has 2 aromatic heterocycles. The van der Waals surface area contributed by atoms with E-state index in [1.807, 2.05) is 0 Å². The topological polar surface area (TPSA) is 115 Å². The lowest BCUT2D eigenvalue weighted by atomic mass is 10.2. The molecule has 0 unspecified atom stereocenters. The van der Waals surface area contributed by atoms with Crippen LogP contribution in [0.4, 0.5) is 5.69 Å². The molecule has 3 aromatic rings. The van der Waals surface area contributed by atoms with Crippen molar-refractivity contribution in [2.75, 3.05) is 18.5 Å². The van der Waals surface area contributed by atoms with Gasteiger partial charge in [-0.05, 0) is 42.5 Å². The molecule has 2 heterocycles. The van der Waals surface area contributed by atoms with Crippen LogP contribution in [-0.2, 0) is 16.1 Å². The van der Waals surface area contributed by atoms with Crippen molar-refractivity contribution in [2.24, 2.45) is 0 Å². The van der Waals surface area contributed by atoms with Gasteiger partial charge in [-0.3, -0.25) is 19.4 Å². The molecule has 0 spiro atoms. The first-order valence-corrected chi connectivity index (χ1v) is 9.27. The highest BCUT2D eigenvalue weighted by atomic mass is 16.5. The van der Waals surface area contributed by atoms with Crippen LogP contribution in [0.3, 0.4) is 0 Å². The summed E-state index contributed by atoms with van der Waals surface area (Å²) < 4.78 is 6.61. The molecule has 1 aromatic carbocycles. The fraction of sp³-hybridized carbons (Fsp3) is 0.190. The molecule has 9 heteroatoms. The summed E-state index contributed by atoms with van der Waals surface area (Å²) in [4.78, 5) is 39.2. The lowest BCUT2D eigenvalue weighted by molar-refractivity contribution is -0.119. The predicted octanol–water partition coefficient (Wildman–Crippen LogP) is 1.46. The lowest BCUT2D eigenvalue weighted by Crippen LogP contribution is -2.29. The van der Waals surface area contributed by atoms with E-state index in [4.69, 9.17) is 4.74 Å². The molecule has 0 fully saturated rings. The zero-order chi connectivity index (χ0) is 21.3. The molecule has 9 nitrogen and oxygen atoms in total. The molecule has 2 N–H and O–H groups in total. The number of anilines is 1. The van der Waals surface area contributed by atoms with E-state index in [0.717, 1.165) is 10.2 Å². The maximum Gasteiger partial charge on any atom is 0.267 e. The van der Waals surface area contributed by atoms with Gasteiger partial charge in [0.25, 0.3) is 5.56 Å². The second-order valence-corrected chi connectivity index (χ2v) is 6.35. The number of carbonyl (C=O) groups is 2. The first-order chi connectivity index (χ1) is 14.5. The molecule has 0 aliphatic heterocycles. The molecule has 0 saturated heterocycles. The molecular formula is C21H21N5O4. The van der Waals surface area contributed by atoms with Gasteiger partial charge in [-0.15, -0.1) is 0 Å². The maximum atomic E-state index is 12.3. The van der Waals surface area contributed by atoms with Crippen molar-refractivity contribution in [2.45, 2.75) is 13.5 Å². The summed E-state index contributed by atoms with van der Waals surface area (Å²) in [5, 5.41) is 9.62. The highest BCUT2D eigenvalue weighted by molar-refractivity contribution is 5.90. The Balaban J connectivity index is 1.58. The zero-order valence-electron chi connectivity index (χ0n) is 16.4. The Kier molecular flexibility index (Phi) is 6.88. The predicted molar refractivity (Wildman–Crippen MR) is 111 cm³/mol. The molecule has 30 heavy (non-hydrogen) atoms. The van der Waals surface area contributed by atoms with E-state index in [2.05, 4.69) is 20.7 Å². The van der Waals surface area contributed by atoms with Crippen LogP contribution in [-0.4, -0.2) is 39.7 Å². The molecular weight excluding hydrogens is 386 g/mol. The van der Waals surface area contributed by atoms with Gasteiger partial charge < -0.3 is 15.4 Å². The number of hydrogen-bond acceptors (Lipinski definition) is 6. The Morgan fingerprint density at radius 1 is 1.03 bits per heavy atom. The van der Waals surface area contributed by atoms with Crippen molar-refractivity contribution in [3.8, 4) is 17.0 Å². The van der Waals surface area contributed by atoms with Crippen LogP contribution in [0.5, 0.6) is 5.75 Å². The van der Waals surface area contributed by atoms with Gasteiger partial charge in [0.1, 0.15) is 18.9 Å². The van der Waals surface area contributed by atoms with Crippen molar-refractivity contribution in [3.63, 3.8) is 0 Å². The van der Waals surface area contributed by atoms with Gasteiger partial charge in [-0.1, -0.05) is 0 Å². The van der Waals surface area contributed by atoms with E-state index < -0.39 is 0 Å². The average Bonchev–Trinajstić information content (AvgIpc) is 2.74. The maximum absolute atomic E-state index is 12.3. The second kappa shape index (κ2) is 9.97. The summed E-state index contributed by atoms with van der Waals surface area (Å²) in [5.74, 6) is 0.119. The minimum absolute atomic E-state index is 0.114. The van der Waals surface area contributed by atoms with Crippen LogP contribution in [0.15, 0.2) is 65.7 Å². The summed E-state index contributed by atoms with van der Waals surface area (Å²) in [7, 11) is 0. The third-order valence-corrected chi connectivity index (χ3v) is 4.02. The molecule has 0 aliphatic carbocycles. The van der Waals surface area contributed by atoms with Crippen molar-refractivity contribution in [3.05, 3.63) is 71.3 Å². The van der Waals surface area contributed by atoms with E-state index in [9.17, 15) is 14.4 Å². The number of nitrogens with one attached hydrogen (secondary N) is 2. The number of nitrogens with zero attached hydrogens (tertiary/aromatic N) is 3. The molecule has 3 rings (SSSR count). The SMILES string of the molecule is CC(=O)NCCOc1ccc(NC(=O)Cn2nc(-c3ccncc3)ccc2=O)cc1. The Morgan fingerprint density at radius 3 is 2.47 bits per heavy atom. The summed E-state index contributed by atoms with van der Waals surface area (Å²) >= 11 is 0. The molecule has 0 aliphatic rings. The van der Waals surface area contributed by atoms with Crippen molar-refractivity contribution in [1.29, 1.82) is 0 Å². The Bertz CT molecular complexity index is 1060. The minimum atomic E-state index is -0.379. The first kappa shape index (κ1) is 20.7. The minimum Gasteiger partial charge on any atom is -0.492 e. The lowest BCUT2D eigenvalue weighted by Gasteiger charge is -2.10. The van der Waals surface area contributed by atoms with Gasteiger partial charge in [-0.25, -0.2) is 4.68 Å². The highest BCUT2D eigenvalue weighted by Crippen LogP contribution is 2.16. The molecule has 0 bridgehead atoms. The van der Waals surface area contributed by atoms with Gasteiger partial charge in [0, 0.05) is 36.6 Å². The van der Waals surface area contributed by atoms with Crippen LogP contribution >= 0.6 is 0 Å².